The quantitative estimate of drug-likeness (QED) is 0.166. The van der Waals surface area contributed by atoms with Crippen LogP contribution in [0.5, 0.6) is 0 Å². The van der Waals surface area contributed by atoms with E-state index in [1.54, 1.807) is 0 Å². The van der Waals surface area contributed by atoms with Gasteiger partial charge in [0.2, 0.25) is 0 Å². The molecule has 0 N–H and O–H groups in total. The van der Waals surface area contributed by atoms with Gasteiger partial charge >= 0.3 is 0 Å². The van der Waals surface area contributed by atoms with Crippen LogP contribution in [0.3, 0.4) is 0 Å². The van der Waals surface area contributed by atoms with Crippen LogP contribution in [0.1, 0.15) is 187 Å². The molecular formula is C65H77ClN2O. The van der Waals surface area contributed by atoms with Crippen molar-refractivity contribution < 1.29 is 4.42 Å². The Bertz CT molecular complexity index is 3120. The van der Waals surface area contributed by atoms with Gasteiger partial charge in [-0.25, -0.2) is 0 Å². The van der Waals surface area contributed by atoms with Gasteiger partial charge in [0.05, 0.1) is 0 Å². The van der Waals surface area contributed by atoms with Crippen molar-refractivity contribution in [1.82, 2.24) is 0 Å². The van der Waals surface area contributed by atoms with Gasteiger partial charge < -0.3 is 14.2 Å². The summed E-state index contributed by atoms with van der Waals surface area (Å²) in [4.78, 5) is 4.94. The Morgan fingerprint density at radius 2 is 0.841 bits per heavy atom. The Morgan fingerprint density at radius 1 is 0.406 bits per heavy atom. The van der Waals surface area contributed by atoms with Gasteiger partial charge in [0.15, 0.2) is 0 Å². The van der Waals surface area contributed by atoms with E-state index in [9.17, 15) is 0 Å². The molecule has 0 fully saturated rings. The zero-order valence-electron chi connectivity index (χ0n) is 44.7. The fourth-order valence-corrected chi connectivity index (χ4v) is 12.7. The van der Waals surface area contributed by atoms with Crippen molar-refractivity contribution in [2.45, 2.75) is 187 Å². The van der Waals surface area contributed by atoms with Crippen molar-refractivity contribution in [3.63, 3.8) is 0 Å². The third-order valence-corrected chi connectivity index (χ3v) is 17.8. The van der Waals surface area contributed by atoms with E-state index in [4.69, 9.17) is 16.0 Å². The molecule has 1 heterocycles. The van der Waals surface area contributed by atoms with Crippen LogP contribution < -0.4 is 9.80 Å². The van der Waals surface area contributed by atoms with Crippen molar-refractivity contribution in [2.75, 3.05) is 9.80 Å². The van der Waals surface area contributed by atoms with E-state index in [0.29, 0.717) is 5.02 Å². The molecule has 3 aliphatic carbocycles. The van der Waals surface area contributed by atoms with Crippen LogP contribution in [0.25, 0.3) is 21.9 Å². The van der Waals surface area contributed by atoms with Gasteiger partial charge in [-0.05, 0) is 201 Å². The predicted octanol–water partition coefficient (Wildman–Crippen LogP) is 19.8. The van der Waals surface area contributed by atoms with Crippen molar-refractivity contribution in [1.29, 1.82) is 0 Å². The zero-order chi connectivity index (χ0) is 49.6. The number of furan rings is 1. The molecule has 4 heteroatoms. The summed E-state index contributed by atoms with van der Waals surface area (Å²) in [6.45, 7) is 38.2. The molecule has 1 aromatic heterocycles. The molecule has 0 saturated heterocycles. The van der Waals surface area contributed by atoms with E-state index in [0.717, 1.165) is 81.7 Å². The molecule has 0 aliphatic heterocycles. The van der Waals surface area contributed by atoms with Crippen LogP contribution in [-0.4, -0.2) is 0 Å². The average molecular weight is 938 g/mol. The van der Waals surface area contributed by atoms with Gasteiger partial charge in [0.1, 0.15) is 11.2 Å². The highest BCUT2D eigenvalue weighted by atomic mass is 35.5. The SMILES string of the molecule is Cc1cc2c(cc1N(c1cc(Cl)cc(N(c3ccc4c(c3)C(C)(C)CCC4(C)C)c3ccc4c(c3)C(C)(C)CCC4(C)C)c1)c1ccc3c(c1)oc1ccc(C(C)(C)C)cc13)C(C)(C)CCC2(C)C. The summed E-state index contributed by atoms with van der Waals surface area (Å²) in [7, 11) is 0. The Hall–Kier alpha value is -4.99. The van der Waals surface area contributed by atoms with Gasteiger partial charge in [-0.15, -0.1) is 0 Å². The van der Waals surface area contributed by atoms with Crippen LogP contribution in [0.15, 0.2) is 108 Å². The lowest BCUT2D eigenvalue weighted by atomic mass is 9.63. The topological polar surface area (TPSA) is 19.6 Å². The van der Waals surface area contributed by atoms with E-state index in [1.165, 1.54) is 57.3 Å². The molecular weight excluding hydrogens is 860 g/mol. The maximum absolute atomic E-state index is 7.55. The Morgan fingerprint density at radius 3 is 1.35 bits per heavy atom. The Labute approximate surface area is 419 Å². The van der Waals surface area contributed by atoms with Gasteiger partial charge in [0, 0.05) is 56.0 Å². The van der Waals surface area contributed by atoms with Gasteiger partial charge in [-0.2, -0.15) is 0 Å². The largest absolute Gasteiger partial charge is 0.456 e. The highest BCUT2D eigenvalue weighted by Crippen LogP contribution is 2.54. The third kappa shape index (κ3) is 8.11. The van der Waals surface area contributed by atoms with E-state index in [2.05, 4.69) is 224 Å². The number of nitrogens with zero attached hydrogens (tertiary/aromatic N) is 2. The highest BCUT2D eigenvalue weighted by molar-refractivity contribution is 6.31. The summed E-state index contributed by atoms with van der Waals surface area (Å²) in [5.41, 5.74) is 19.9. The lowest BCUT2D eigenvalue weighted by Crippen LogP contribution is -2.34. The number of fused-ring (bicyclic) bond motifs is 6. The normalized spacial score (nSPS) is 19.4. The fourth-order valence-electron chi connectivity index (χ4n) is 12.4. The second kappa shape index (κ2) is 15.8. The first kappa shape index (κ1) is 47.7. The number of anilines is 6. The molecule has 7 aromatic rings. The van der Waals surface area contributed by atoms with Crippen LogP contribution in [0, 0.1) is 6.92 Å². The summed E-state index contributed by atoms with van der Waals surface area (Å²) in [5.74, 6) is 0. The average Bonchev–Trinajstić information content (AvgIpc) is 3.63. The minimum atomic E-state index is 0.0201. The summed E-state index contributed by atoms with van der Waals surface area (Å²) >= 11 is 7.55. The van der Waals surface area contributed by atoms with Crippen LogP contribution in [-0.2, 0) is 37.9 Å². The predicted molar refractivity (Wildman–Crippen MR) is 297 cm³/mol. The lowest BCUT2D eigenvalue weighted by molar-refractivity contribution is 0.332. The minimum Gasteiger partial charge on any atom is -0.456 e. The molecule has 3 aliphatic rings. The number of aryl methyl sites for hydroxylation is 1. The van der Waals surface area contributed by atoms with Crippen molar-refractivity contribution in [3.8, 4) is 0 Å². The van der Waals surface area contributed by atoms with Gasteiger partial charge in [0.25, 0.3) is 0 Å². The van der Waals surface area contributed by atoms with E-state index in [1.807, 2.05) is 0 Å². The van der Waals surface area contributed by atoms with Crippen LogP contribution >= 0.6 is 11.6 Å². The Balaban J connectivity index is 1.23. The molecule has 360 valence electrons. The zero-order valence-corrected chi connectivity index (χ0v) is 45.5. The summed E-state index contributed by atoms with van der Waals surface area (Å²) in [5, 5.41) is 2.96. The van der Waals surface area contributed by atoms with Crippen molar-refractivity contribution in [3.05, 3.63) is 153 Å². The second-order valence-corrected chi connectivity index (χ2v) is 27.0. The number of hydrogen-bond donors (Lipinski definition) is 0. The first-order valence-corrected chi connectivity index (χ1v) is 26.3. The summed E-state index contributed by atoms with van der Waals surface area (Å²) in [6, 6.07) is 39.8. The summed E-state index contributed by atoms with van der Waals surface area (Å²) < 4.78 is 6.76. The van der Waals surface area contributed by atoms with Crippen molar-refractivity contribution >= 4 is 67.7 Å². The molecule has 6 aromatic carbocycles. The Kier molecular flexibility index (Phi) is 10.9. The monoisotopic (exact) mass is 937 g/mol. The maximum atomic E-state index is 7.55. The molecule has 0 unspecified atom stereocenters. The van der Waals surface area contributed by atoms with E-state index >= 15 is 0 Å². The molecule has 0 atom stereocenters. The molecule has 0 spiro atoms. The number of benzene rings is 6. The number of halogens is 1. The fraction of sp³-hybridized carbons (Fsp3) is 0.446. The maximum Gasteiger partial charge on any atom is 0.137 e. The van der Waals surface area contributed by atoms with E-state index < -0.39 is 0 Å². The highest BCUT2D eigenvalue weighted by Gasteiger charge is 2.41. The van der Waals surface area contributed by atoms with Gasteiger partial charge in [-0.1, -0.05) is 140 Å². The lowest BCUT2D eigenvalue weighted by Gasteiger charge is -2.43. The molecule has 0 bridgehead atoms. The van der Waals surface area contributed by atoms with Crippen LogP contribution in [0.2, 0.25) is 5.02 Å². The summed E-state index contributed by atoms with van der Waals surface area (Å²) in [6.07, 6.45) is 6.95. The smallest absolute Gasteiger partial charge is 0.137 e. The third-order valence-electron chi connectivity index (χ3n) is 17.6. The van der Waals surface area contributed by atoms with E-state index in [-0.39, 0.29) is 37.9 Å². The second-order valence-electron chi connectivity index (χ2n) is 26.5. The minimum absolute atomic E-state index is 0.0201. The van der Waals surface area contributed by atoms with Gasteiger partial charge in [-0.3, -0.25) is 0 Å². The standard InChI is InChI=1S/C65H77ClN2O/c1-40-31-52-55(65(15,16)30-29-62(52,9)10)39-56(40)68(45-18-21-48-49-32-41(59(2,3)4)17-24-57(49)69-58(48)38-45)47-34-42(66)33-46(35-47)67(43-19-22-50-53(36-43)63(11,12)27-25-60(50,5)6)44-20-23-51-54(37-44)64(13,14)28-26-61(51,7)8/h17-24,31-39H,25-30H2,1-16H3. The first-order valence-electron chi connectivity index (χ1n) is 25.9. The first-order chi connectivity index (χ1) is 32.1. The molecule has 0 amide bonds. The van der Waals surface area contributed by atoms with Crippen molar-refractivity contribution in [2.24, 2.45) is 0 Å². The number of hydrogen-bond acceptors (Lipinski definition) is 3. The number of rotatable bonds is 6. The molecule has 3 nitrogen and oxygen atoms in total. The molecule has 0 saturated carbocycles. The molecule has 69 heavy (non-hydrogen) atoms. The molecule has 10 rings (SSSR count). The molecule has 0 radical (unpaired) electrons. The van der Waals surface area contributed by atoms with Crippen LogP contribution in [0.4, 0.5) is 34.1 Å².